The van der Waals surface area contributed by atoms with Crippen LogP contribution >= 0.6 is 0 Å². The number of piperidine rings is 1. The molecule has 0 spiro atoms. The number of likely N-dealkylation sites (tertiary alicyclic amines) is 1. The number of rotatable bonds is 3. The number of nitrogens with zero attached hydrogens (tertiary/aromatic N) is 4. The number of hydrogen-bond donors (Lipinski definition) is 1. The third-order valence-electron chi connectivity index (χ3n) is 5.65. The van der Waals surface area contributed by atoms with E-state index in [4.69, 9.17) is 5.26 Å². The van der Waals surface area contributed by atoms with Gasteiger partial charge in [-0.3, -0.25) is 9.78 Å². The summed E-state index contributed by atoms with van der Waals surface area (Å²) in [7, 11) is 2.11. The molecule has 1 aromatic heterocycles. The summed E-state index contributed by atoms with van der Waals surface area (Å²) >= 11 is 0. The SMILES string of the molecule is CN1CCC(NC=O)CC1.C[C@H]1CCN(c2ccc(C#N)c3ncccc23)C1. The number of amides is 1. The van der Waals surface area contributed by atoms with E-state index >= 15 is 0 Å². The van der Waals surface area contributed by atoms with Gasteiger partial charge in [-0.2, -0.15) is 5.26 Å². The van der Waals surface area contributed by atoms with E-state index < -0.39 is 0 Å². The van der Waals surface area contributed by atoms with Gasteiger partial charge in [0.15, 0.2) is 0 Å². The molecule has 2 saturated heterocycles. The van der Waals surface area contributed by atoms with Gasteiger partial charge in [0.2, 0.25) is 6.41 Å². The molecule has 1 aromatic carbocycles. The highest BCUT2D eigenvalue weighted by Gasteiger charge is 2.21. The first-order valence-electron chi connectivity index (χ1n) is 10.0. The Morgan fingerprint density at radius 1 is 1.21 bits per heavy atom. The highest BCUT2D eigenvalue weighted by Crippen LogP contribution is 2.31. The third kappa shape index (κ3) is 4.79. The second kappa shape index (κ2) is 9.52. The van der Waals surface area contributed by atoms with Crippen molar-refractivity contribution >= 4 is 23.0 Å². The Kier molecular flexibility index (Phi) is 6.83. The van der Waals surface area contributed by atoms with E-state index in [9.17, 15) is 4.79 Å². The predicted molar refractivity (Wildman–Crippen MR) is 112 cm³/mol. The Morgan fingerprint density at radius 2 is 2.00 bits per heavy atom. The molecule has 6 nitrogen and oxygen atoms in total. The van der Waals surface area contributed by atoms with Crippen molar-refractivity contribution in [3.05, 3.63) is 36.0 Å². The molecule has 0 aliphatic carbocycles. The second-order valence-electron chi connectivity index (χ2n) is 7.85. The Balaban J connectivity index is 0.000000192. The molecule has 148 valence electrons. The Bertz CT molecular complexity index is 838. The van der Waals surface area contributed by atoms with Crippen molar-refractivity contribution in [2.45, 2.75) is 32.2 Å². The summed E-state index contributed by atoms with van der Waals surface area (Å²) in [5, 5.41) is 13.0. The fraction of sp³-hybridized carbons (Fsp3) is 0.500. The lowest BCUT2D eigenvalue weighted by Crippen LogP contribution is -2.40. The van der Waals surface area contributed by atoms with Crippen molar-refractivity contribution in [1.82, 2.24) is 15.2 Å². The Labute approximate surface area is 167 Å². The zero-order valence-corrected chi connectivity index (χ0v) is 16.8. The number of carbonyl (C=O) groups excluding carboxylic acids is 1. The van der Waals surface area contributed by atoms with Crippen LogP contribution in [0, 0.1) is 17.2 Å². The average molecular weight is 380 g/mol. The van der Waals surface area contributed by atoms with Crippen LogP contribution in [0.1, 0.15) is 31.7 Å². The highest BCUT2D eigenvalue weighted by atomic mass is 16.1. The summed E-state index contributed by atoms with van der Waals surface area (Å²) in [4.78, 5) is 19.1. The average Bonchev–Trinajstić information content (AvgIpc) is 3.15. The van der Waals surface area contributed by atoms with Gasteiger partial charge >= 0.3 is 0 Å². The molecule has 0 radical (unpaired) electrons. The number of anilines is 1. The van der Waals surface area contributed by atoms with Crippen molar-refractivity contribution in [2.75, 3.05) is 38.1 Å². The molecule has 0 saturated carbocycles. The zero-order valence-electron chi connectivity index (χ0n) is 16.8. The lowest BCUT2D eigenvalue weighted by molar-refractivity contribution is -0.110. The van der Waals surface area contributed by atoms with Crippen LogP contribution in [0.3, 0.4) is 0 Å². The maximum atomic E-state index is 10.0. The largest absolute Gasteiger partial charge is 0.371 e. The van der Waals surface area contributed by atoms with E-state index in [0.29, 0.717) is 11.6 Å². The molecule has 1 amide bonds. The molecule has 4 rings (SSSR count). The van der Waals surface area contributed by atoms with Crippen LogP contribution in [0.5, 0.6) is 0 Å². The van der Waals surface area contributed by atoms with E-state index in [1.165, 1.54) is 12.1 Å². The van der Waals surface area contributed by atoms with Crippen LogP contribution in [-0.4, -0.2) is 55.6 Å². The summed E-state index contributed by atoms with van der Waals surface area (Å²) in [5.74, 6) is 0.743. The number of fused-ring (bicyclic) bond motifs is 1. The standard InChI is InChI=1S/C15H15N3.C7H14N2O/c1-11-6-8-18(10-11)14-5-4-12(9-16)15-13(14)3-2-7-17-15;1-9-4-2-7(3-5-9)8-6-10/h2-5,7,11H,6,8,10H2,1H3;6-7H,2-5H2,1H3,(H,8,10)/t11-;/m0./s1. The van der Waals surface area contributed by atoms with Crippen LogP contribution in [0.4, 0.5) is 5.69 Å². The normalized spacial score (nSPS) is 20.3. The minimum Gasteiger partial charge on any atom is -0.371 e. The maximum absolute atomic E-state index is 10.0. The molecule has 2 aromatic rings. The fourth-order valence-corrected chi connectivity index (χ4v) is 3.95. The molecule has 0 unspecified atom stereocenters. The number of aromatic nitrogens is 1. The van der Waals surface area contributed by atoms with Gasteiger partial charge < -0.3 is 15.1 Å². The first-order chi connectivity index (χ1) is 13.6. The molecule has 28 heavy (non-hydrogen) atoms. The lowest BCUT2D eigenvalue weighted by Gasteiger charge is -2.28. The minimum absolute atomic E-state index is 0.425. The van der Waals surface area contributed by atoms with E-state index in [0.717, 1.165) is 62.3 Å². The van der Waals surface area contributed by atoms with E-state index in [1.54, 1.807) is 6.20 Å². The van der Waals surface area contributed by atoms with Gasteiger partial charge in [-0.25, -0.2) is 0 Å². The lowest BCUT2D eigenvalue weighted by atomic mass is 10.1. The maximum Gasteiger partial charge on any atom is 0.207 e. The number of hydrogen-bond acceptors (Lipinski definition) is 5. The topological polar surface area (TPSA) is 72.3 Å². The van der Waals surface area contributed by atoms with Gasteiger partial charge in [0.25, 0.3) is 0 Å². The number of nitriles is 1. The quantitative estimate of drug-likeness (QED) is 0.830. The number of benzene rings is 1. The Morgan fingerprint density at radius 3 is 2.64 bits per heavy atom. The van der Waals surface area contributed by atoms with E-state index in [1.807, 2.05) is 12.1 Å². The zero-order chi connectivity index (χ0) is 19.9. The fourth-order valence-electron chi connectivity index (χ4n) is 3.95. The molecule has 1 N–H and O–H groups in total. The smallest absolute Gasteiger partial charge is 0.207 e. The number of nitrogens with one attached hydrogen (secondary N) is 1. The molecular weight excluding hydrogens is 350 g/mol. The van der Waals surface area contributed by atoms with Crippen LogP contribution in [0.2, 0.25) is 0 Å². The third-order valence-corrected chi connectivity index (χ3v) is 5.65. The first kappa shape index (κ1) is 20.1. The van der Waals surface area contributed by atoms with Gasteiger partial charge in [-0.15, -0.1) is 0 Å². The summed E-state index contributed by atoms with van der Waals surface area (Å²) < 4.78 is 0. The number of carbonyl (C=O) groups is 1. The molecule has 3 heterocycles. The van der Waals surface area contributed by atoms with E-state index in [2.05, 4.69) is 52.3 Å². The van der Waals surface area contributed by atoms with Gasteiger partial charge in [-0.1, -0.05) is 6.92 Å². The van der Waals surface area contributed by atoms with Crippen LogP contribution in [0.15, 0.2) is 30.5 Å². The Hall–Kier alpha value is -2.65. The summed E-state index contributed by atoms with van der Waals surface area (Å²) in [6.07, 6.45) is 5.97. The molecule has 1 atom stereocenters. The van der Waals surface area contributed by atoms with Crippen molar-refractivity contribution in [1.29, 1.82) is 5.26 Å². The molecule has 2 aliphatic heterocycles. The first-order valence-corrected chi connectivity index (χ1v) is 10.0. The molecule has 2 fully saturated rings. The van der Waals surface area contributed by atoms with Crippen molar-refractivity contribution in [3.8, 4) is 6.07 Å². The molecule has 6 heteroatoms. The van der Waals surface area contributed by atoms with Gasteiger partial charge in [0.1, 0.15) is 6.07 Å². The summed E-state index contributed by atoms with van der Waals surface area (Å²) in [5.41, 5.74) is 2.68. The van der Waals surface area contributed by atoms with Crippen LogP contribution in [-0.2, 0) is 4.79 Å². The van der Waals surface area contributed by atoms with Gasteiger partial charge in [-0.05, 0) is 69.6 Å². The van der Waals surface area contributed by atoms with Crippen LogP contribution < -0.4 is 10.2 Å². The van der Waals surface area contributed by atoms with Gasteiger partial charge in [0.05, 0.1) is 11.1 Å². The molecule has 2 aliphatic rings. The van der Waals surface area contributed by atoms with Crippen molar-refractivity contribution in [2.24, 2.45) is 5.92 Å². The molecular formula is C22H29N5O. The molecule has 0 bridgehead atoms. The van der Waals surface area contributed by atoms with Crippen molar-refractivity contribution in [3.63, 3.8) is 0 Å². The van der Waals surface area contributed by atoms with Gasteiger partial charge in [0, 0.05) is 36.4 Å². The second-order valence-corrected chi connectivity index (χ2v) is 7.85. The summed E-state index contributed by atoms with van der Waals surface area (Å²) in [6, 6.07) is 10.6. The van der Waals surface area contributed by atoms with Crippen LogP contribution in [0.25, 0.3) is 10.9 Å². The number of pyridine rings is 1. The highest BCUT2D eigenvalue weighted by molar-refractivity contribution is 5.95. The van der Waals surface area contributed by atoms with Crippen molar-refractivity contribution < 1.29 is 4.79 Å². The minimum atomic E-state index is 0.425. The summed E-state index contributed by atoms with van der Waals surface area (Å²) in [6.45, 7) is 6.67. The van der Waals surface area contributed by atoms with E-state index in [-0.39, 0.29) is 0 Å². The monoisotopic (exact) mass is 379 g/mol. The predicted octanol–water partition coefficient (Wildman–Crippen LogP) is 2.78.